The van der Waals surface area contributed by atoms with Gasteiger partial charge in [0.15, 0.2) is 0 Å². The highest BCUT2D eigenvalue weighted by atomic mass is 35.5. The Bertz CT molecular complexity index is 1250. The molecule has 1 saturated carbocycles. The lowest BCUT2D eigenvalue weighted by Gasteiger charge is -2.33. The molecular formula is C27H33ClF3N3O4S. The topological polar surface area (TPSA) is 86.8 Å². The summed E-state index contributed by atoms with van der Waals surface area (Å²) in [4.78, 5) is 28.3. The monoisotopic (exact) mass is 587 g/mol. The maximum absolute atomic E-state index is 13.7. The van der Waals surface area contributed by atoms with Crippen LogP contribution in [0.1, 0.15) is 50.2 Å². The van der Waals surface area contributed by atoms with Gasteiger partial charge in [-0.2, -0.15) is 13.2 Å². The summed E-state index contributed by atoms with van der Waals surface area (Å²) < 4.78 is 66.4. The van der Waals surface area contributed by atoms with Crippen molar-refractivity contribution in [1.29, 1.82) is 0 Å². The van der Waals surface area contributed by atoms with Crippen LogP contribution in [0.3, 0.4) is 0 Å². The first kappa shape index (κ1) is 30.7. The Morgan fingerprint density at radius 2 is 1.74 bits per heavy atom. The molecule has 2 aromatic rings. The van der Waals surface area contributed by atoms with E-state index in [9.17, 15) is 31.2 Å². The molecule has 39 heavy (non-hydrogen) atoms. The summed E-state index contributed by atoms with van der Waals surface area (Å²) >= 11 is 5.71. The number of amides is 2. The van der Waals surface area contributed by atoms with Crippen LogP contribution in [0.2, 0.25) is 5.02 Å². The molecule has 2 amide bonds. The smallest absolute Gasteiger partial charge is 0.352 e. The predicted octanol–water partition coefficient (Wildman–Crippen LogP) is 5.03. The molecule has 0 bridgehead atoms. The Morgan fingerprint density at radius 3 is 2.31 bits per heavy atom. The molecule has 1 atom stereocenters. The molecule has 0 spiro atoms. The van der Waals surface area contributed by atoms with E-state index in [0.717, 1.165) is 49.6 Å². The Balaban J connectivity index is 1.92. The number of carbonyl (C=O) groups is 2. The maximum Gasteiger partial charge on any atom is 0.417 e. The summed E-state index contributed by atoms with van der Waals surface area (Å²) in [6.07, 6.45) is 0.356. The first-order valence-corrected chi connectivity index (χ1v) is 15.0. The molecule has 0 heterocycles. The van der Waals surface area contributed by atoms with Crippen molar-refractivity contribution in [3.8, 4) is 0 Å². The van der Waals surface area contributed by atoms with Gasteiger partial charge in [0, 0.05) is 12.6 Å². The van der Waals surface area contributed by atoms with Crippen molar-refractivity contribution in [3.05, 3.63) is 64.7 Å². The van der Waals surface area contributed by atoms with Crippen LogP contribution >= 0.6 is 11.6 Å². The summed E-state index contributed by atoms with van der Waals surface area (Å²) in [6.45, 7) is 1.09. The molecule has 7 nitrogen and oxygen atoms in total. The van der Waals surface area contributed by atoms with E-state index in [2.05, 4.69) is 5.32 Å². The summed E-state index contributed by atoms with van der Waals surface area (Å²) in [5.41, 5.74) is -0.658. The van der Waals surface area contributed by atoms with Gasteiger partial charge in [0.05, 0.1) is 22.5 Å². The first-order chi connectivity index (χ1) is 18.3. The SMILES string of the molecule is CCC(C(=O)NC1CCCC1)N(CCc1ccccc1)C(=O)CN(c1ccc(Cl)c(C(F)(F)F)c1)S(C)(=O)=O. The highest BCUT2D eigenvalue weighted by molar-refractivity contribution is 7.92. The van der Waals surface area contributed by atoms with E-state index in [0.29, 0.717) is 16.8 Å². The summed E-state index contributed by atoms with van der Waals surface area (Å²) in [7, 11) is -4.19. The van der Waals surface area contributed by atoms with Crippen LogP contribution in [0.5, 0.6) is 0 Å². The molecule has 3 rings (SSSR count). The molecule has 0 saturated heterocycles. The number of carbonyl (C=O) groups excluding carboxylic acids is 2. The number of anilines is 1. The average Bonchev–Trinajstić information content (AvgIpc) is 3.37. The van der Waals surface area contributed by atoms with E-state index < -0.39 is 45.3 Å². The third-order valence-electron chi connectivity index (χ3n) is 6.79. The molecule has 1 fully saturated rings. The number of nitrogens with zero attached hydrogens (tertiary/aromatic N) is 2. The van der Waals surface area contributed by atoms with Crippen LogP contribution in [0, 0.1) is 0 Å². The van der Waals surface area contributed by atoms with E-state index in [4.69, 9.17) is 11.6 Å². The van der Waals surface area contributed by atoms with Crippen molar-refractivity contribution >= 4 is 39.1 Å². The quantitative estimate of drug-likeness (QED) is 0.399. The number of sulfonamides is 1. The number of benzene rings is 2. The largest absolute Gasteiger partial charge is 0.417 e. The minimum atomic E-state index is -4.83. The molecule has 12 heteroatoms. The van der Waals surface area contributed by atoms with Gasteiger partial charge < -0.3 is 10.2 Å². The Morgan fingerprint density at radius 1 is 1.10 bits per heavy atom. The lowest BCUT2D eigenvalue weighted by atomic mass is 10.1. The van der Waals surface area contributed by atoms with Gasteiger partial charge in [-0.05, 0) is 49.4 Å². The fourth-order valence-corrected chi connectivity index (χ4v) is 5.83. The van der Waals surface area contributed by atoms with Crippen LogP contribution in [0.25, 0.3) is 0 Å². The van der Waals surface area contributed by atoms with Crippen molar-refractivity contribution in [1.82, 2.24) is 10.2 Å². The maximum atomic E-state index is 13.7. The summed E-state index contributed by atoms with van der Waals surface area (Å²) in [6, 6.07) is 11.1. The van der Waals surface area contributed by atoms with Crippen LogP contribution in [-0.4, -0.2) is 56.6 Å². The van der Waals surface area contributed by atoms with Crippen LogP contribution in [0.4, 0.5) is 18.9 Å². The third-order valence-corrected chi connectivity index (χ3v) is 8.26. The minimum Gasteiger partial charge on any atom is -0.352 e. The van der Waals surface area contributed by atoms with Gasteiger partial charge >= 0.3 is 6.18 Å². The van der Waals surface area contributed by atoms with Crippen molar-refractivity contribution in [2.45, 2.75) is 63.7 Å². The van der Waals surface area contributed by atoms with Gasteiger partial charge in [-0.25, -0.2) is 8.42 Å². The zero-order valence-corrected chi connectivity index (χ0v) is 23.5. The number of hydrogen-bond acceptors (Lipinski definition) is 4. The van der Waals surface area contributed by atoms with E-state index >= 15 is 0 Å². The van der Waals surface area contributed by atoms with Gasteiger partial charge in [-0.3, -0.25) is 13.9 Å². The van der Waals surface area contributed by atoms with Crippen molar-refractivity contribution < 1.29 is 31.2 Å². The highest BCUT2D eigenvalue weighted by Crippen LogP contribution is 2.37. The fourth-order valence-electron chi connectivity index (χ4n) is 4.76. The van der Waals surface area contributed by atoms with Gasteiger partial charge in [0.1, 0.15) is 12.6 Å². The molecule has 1 N–H and O–H groups in total. The summed E-state index contributed by atoms with van der Waals surface area (Å²) in [5, 5.41) is 2.41. The van der Waals surface area contributed by atoms with Gasteiger partial charge in [-0.15, -0.1) is 0 Å². The van der Waals surface area contributed by atoms with Crippen molar-refractivity contribution in [3.63, 3.8) is 0 Å². The van der Waals surface area contributed by atoms with Crippen LogP contribution < -0.4 is 9.62 Å². The Kier molecular flexibility index (Phi) is 10.3. The summed E-state index contributed by atoms with van der Waals surface area (Å²) in [5.74, 6) is -1.03. The standard InChI is InChI=1S/C27H33ClF3N3O4S/c1-3-24(26(36)32-20-11-7-8-12-20)33(16-15-19-9-5-4-6-10-19)25(35)18-34(39(2,37)38)21-13-14-23(28)22(17-21)27(29,30)31/h4-6,9-10,13-14,17,20,24H,3,7-8,11-12,15-16,18H2,1-2H3,(H,32,36). The van der Waals surface area contributed by atoms with Crippen molar-refractivity contribution in [2.75, 3.05) is 23.7 Å². The fraction of sp³-hybridized carbons (Fsp3) is 0.481. The van der Waals surface area contributed by atoms with Gasteiger partial charge in [0.25, 0.3) is 0 Å². The zero-order valence-electron chi connectivity index (χ0n) is 21.9. The third kappa shape index (κ3) is 8.35. The van der Waals surface area contributed by atoms with E-state index in [1.807, 2.05) is 30.3 Å². The van der Waals surface area contributed by atoms with E-state index in [1.54, 1.807) is 6.92 Å². The molecule has 1 aliphatic carbocycles. The molecule has 0 aliphatic heterocycles. The lowest BCUT2D eigenvalue weighted by Crippen LogP contribution is -2.54. The minimum absolute atomic E-state index is 0.0139. The molecule has 214 valence electrons. The number of alkyl halides is 3. The van der Waals surface area contributed by atoms with E-state index in [1.165, 1.54) is 4.90 Å². The molecule has 2 aromatic carbocycles. The molecule has 0 radical (unpaired) electrons. The second-order valence-electron chi connectivity index (χ2n) is 9.67. The Hall–Kier alpha value is -2.79. The van der Waals surface area contributed by atoms with E-state index in [-0.39, 0.29) is 30.6 Å². The number of nitrogens with one attached hydrogen (secondary N) is 1. The predicted molar refractivity (Wildman–Crippen MR) is 145 cm³/mol. The molecule has 1 aliphatic rings. The first-order valence-electron chi connectivity index (χ1n) is 12.8. The Labute approximate surface area is 232 Å². The zero-order chi connectivity index (χ0) is 28.8. The van der Waals surface area contributed by atoms with Crippen molar-refractivity contribution in [2.24, 2.45) is 0 Å². The normalized spacial score (nSPS) is 15.1. The second kappa shape index (κ2) is 13.0. The van der Waals surface area contributed by atoms with Crippen LogP contribution in [0.15, 0.2) is 48.5 Å². The highest BCUT2D eigenvalue weighted by Gasteiger charge is 2.36. The molecule has 0 aromatic heterocycles. The van der Waals surface area contributed by atoms with Crippen LogP contribution in [-0.2, 0) is 32.2 Å². The average molecular weight is 588 g/mol. The van der Waals surface area contributed by atoms with Gasteiger partial charge in [0.2, 0.25) is 21.8 Å². The molecular weight excluding hydrogens is 555 g/mol. The number of rotatable bonds is 11. The second-order valence-corrected chi connectivity index (χ2v) is 12.0. The number of hydrogen-bond donors (Lipinski definition) is 1. The van der Waals surface area contributed by atoms with Gasteiger partial charge in [-0.1, -0.05) is 61.7 Å². The molecule has 1 unspecified atom stereocenters. The lowest BCUT2D eigenvalue weighted by molar-refractivity contribution is -0.139. The number of halogens is 4.